The molecule has 88 valence electrons. The highest BCUT2D eigenvalue weighted by Crippen LogP contribution is 2.29. The van der Waals surface area contributed by atoms with Crippen molar-refractivity contribution >= 4 is 23.1 Å². The minimum absolute atomic E-state index is 0.597. The van der Waals surface area contributed by atoms with E-state index in [4.69, 9.17) is 17.3 Å². The molecule has 16 heavy (non-hydrogen) atoms. The van der Waals surface area contributed by atoms with E-state index in [1.54, 1.807) is 12.3 Å². The number of nitrogens with zero attached hydrogens (tertiary/aromatic N) is 2. The van der Waals surface area contributed by atoms with Crippen LogP contribution >= 0.6 is 11.6 Å². The van der Waals surface area contributed by atoms with Gasteiger partial charge in [0.05, 0.1) is 10.7 Å². The van der Waals surface area contributed by atoms with Gasteiger partial charge in [0.25, 0.3) is 0 Å². The third-order valence-corrected chi connectivity index (χ3v) is 3.24. The predicted molar refractivity (Wildman–Crippen MR) is 68.8 cm³/mol. The third kappa shape index (κ3) is 2.40. The molecule has 1 aliphatic rings. The Morgan fingerprint density at radius 1 is 1.38 bits per heavy atom. The molecule has 3 nitrogen and oxygen atoms in total. The first-order valence-electron chi connectivity index (χ1n) is 5.72. The van der Waals surface area contributed by atoms with Gasteiger partial charge in [0.15, 0.2) is 5.82 Å². The summed E-state index contributed by atoms with van der Waals surface area (Å²) >= 11 is 5.85. The Bertz CT molecular complexity index is 371. The highest BCUT2D eigenvalue weighted by atomic mass is 35.5. The molecule has 0 saturated carbocycles. The maximum Gasteiger partial charge on any atom is 0.151 e. The van der Waals surface area contributed by atoms with Crippen molar-refractivity contribution in [1.82, 2.24) is 4.98 Å². The number of halogens is 1. The number of hydrogen-bond donors (Lipinski definition) is 1. The van der Waals surface area contributed by atoms with Gasteiger partial charge in [-0.05, 0) is 24.3 Å². The van der Waals surface area contributed by atoms with Gasteiger partial charge in [-0.3, -0.25) is 0 Å². The van der Waals surface area contributed by atoms with Crippen molar-refractivity contribution < 1.29 is 0 Å². The maximum atomic E-state index is 5.95. The van der Waals surface area contributed by atoms with E-state index in [0.29, 0.717) is 22.5 Å². The molecule has 0 bridgehead atoms. The van der Waals surface area contributed by atoms with Crippen LogP contribution in [0.4, 0.5) is 11.5 Å². The topological polar surface area (TPSA) is 42.2 Å². The summed E-state index contributed by atoms with van der Waals surface area (Å²) < 4.78 is 0. The van der Waals surface area contributed by atoms with E-state index in [1.807, 2.05) is 0 Å². The Labute approximate surface area is 102 Å². The summed E-state index contributed by atoms with van der Waals surface area (Å²) in [5.41, 5.74) is 6.63. The lowest BCUT2D eigenvalue weighted by Crippen LogP contribution is -2.39. The van der Waals surface area contributed by atoms with Crippen molar-refractivity contribution in [3.63, 3.8) is 0 Å². The molecule has 4 heteroatoms. The summed E-state index contributed by atoms with van der Waals surface area (Å²) in [7, 11) is 0. The van der Waals surface area contributed by atoms with Crippen molar-refractivity contribution in [3.8, 4) is 0 Å². The molecule has 2 atom stereocenters. The van der Waals surface area contributed by atoms with Crippen LogP contribution in [0.1, 0.15) is 20.3 Å². The van der Waals surface area contributed by atoms with Gasteiger partial charge in [-0.2, -0.15) is 0 Å². The van der Waals surface area contributed by atoms with Gasteiger partial charge in [-0.25, -0.2) is 4.98 Å². The van der Waals surface area contributed by atoms with Crippen molar-refractivity contribution in [2.24, 2.45) is 11.8 Å². The molecule has 1 fully saturated rings. The minimum atomic E-state index is 0.597. The Morgan fingerprint density at radius 2 is 2.00 bits per heavy atom. The fourth-order valence-corrected chi connectivity index (χ4v) is 2.71. The van der Waals surface area contributed by atoms with Crippen LogP contribution in [0.25, 0.3) is 0 Å². The second-order valence-corrected chi connectivity index (χ2v) is 5.35. The highest BCUT2D eigenvalue weighted by Gasteiger charge is 2.23. The number of nitrogen functional groups attached to an aromatic ring is 1. The van der Waals surface area contributed by atoms with Crippen LogP contribution in [0.2, 0.25) is 5.02 Å². The first-order valence-corrected chi connectivity index (χ1v) is 6.10. The van der Waals surface area contributed by atoms with E-state index >= 15 is 0 Å². The Kier molecular flexibility index (Phi) is 3.24. The number of rotatable bonds is 1. The van der Waals surface area contributed by atoms with Gasteiger partial charge >= 0.3 is 0 Å². The lowest BCUT2D eigenvalue weighted by molar-refractivity contribution is 0.355. The van der Waals surface area contributed by atoms with Crippen LogP contribution in [0.15, 0.2) is 12.3 Å². The van der Waals surface area contributed by atoms with E-state index in [9.17, 15) is 0 Å². The van der Waals surface area contributed by atoms with Gasteiger partial charge in [0.1, 0.15) is 0 Å². The predicted octanol–water partition coefficient (Wildman–Crippen LogP) is 2.80. The zero-order valence-electron chi connectivity index (χ0n) is 9.78. The zero-order chi connectivity index (χ0) is 11.7. The number of pyridine rings is 1. The summed E-state index contributed by atoms with van der Waals surface area (Å²) in [5, 5.41) is 0.597. The fraction of sp³-hybridized carbons (Fsp3) is 0.583. The number of aromatic nitrogens is 1. The van der Waals surface area contributed by atoms with Gasteiger partial charge in [-0.1, -0.05) is 25.4 Å². The molecule has 1 aliphatic heterocycles. The molecule has 0 spiro atoms. The normalized spacial score (nSPS) is 25.8. The summed E-state index contributed by atoms with van der Waals surface area (Å²) in [4.78, 5) is 6.61. The van der Waals surface area contributed by atoms with Gasteiger partial charge < -0.3 is 10.6 Å². The summed E-state index contributed by atoms with van der Waals surface area (Å²) in [5.74, 6) is 2.27. The van der Waals surface area contributed by atoms with Gasteiger partial charge in [-0.15, -0.1) is 0 Å². The molecule has 0 aromatic carbocycles. The van der Waals surface area contributed by atoms with Crippen LogP contribution in [0.5, 0.6) is 0 Å². The monoisotopic (exact) mass is 239 g/mol. The van der Waals surface area contributed by atoms with Crippen LogP contribution < -0.4 is 10.6 Å². The summed E-state index contributed by atoms with van der Waals surface area (Å²) in [6, 6.07) is 1.77. The van der Waals surface area contributed by atoms with Crippen LogP contribution in [0.3, 0.4) is 0 Å². The minimum Gasteiger partial charge on any atom is -0.396 e. The quantitative estimate of drug-likeness (QED) is 0.820. The van der Waals surface area contributed by atoms with Crippen LogP contribution in [-0.4, -0.2) is 18.1 Å². The first kappa shape index (κ1) is 11.5. The SMILES string of the molecule is CC1CC(C)CN(c2ncc(Cl)cc2N)C1. The fourth-order valence-electron chi connectivity index (χ4n) is 2.55. The molecule has 0 amide bonds. The molecule has 1 aromatic rings. The average molecular weight is 240 g/mol. The molecular weight excluding hydrogens is 222 g/mol. The Morgan fingerprint density at radius 3 is 2.56 bits per heavy atom. The molecular formula is C12H18ClN3. The van der Waals surface area contributed by atoms with Gasteiger partial charge in [0, 0.05) is 19.3 Å². The van der Waals surface area contributed by atoms with E-state index in [1.165, 1.54) is 6.42 Å². The lowest BCUT2D eigenvalue weighted by atomic mass is 9.92. The second kappa shape index (κ2) is 4.50. The lowest BCUT2D eigenvalue weighted by Gasteiger charge is -2.36. The second-order valence-electron chi connectivity index (χ2n) is 4.92. The molecule has 0 aliphatic carbocycles. The van der Waals surface area contributed by atoms with E-state index in [2.05, 4.69) is 23.7 Å². The smallest absolute Gasteiger partial charge is 0.151 e. The molecule has 2 heterocycles. The molecule has 2 N–H and O–H groups in total. The molecule has 0 radical (unpaired) electrons. The van der Waals surface area contributed by atoms with Crippen molar-refractivity contribution in [2.45, 2.75) is 20.3 Å². The number of anilines is 2. The first-order chi connectivity index (χ1) is 7.56. The average Bonchev–Trinajstić information content (AvgIpc) is 2.15. The van der Waals surface area contributed by atoms with Crippen molar-refractivity contribution in [2.75, 3.05) is 23.7 Å². The highest BCUT2D eigenvalue weighted by molar-refractivity contribution is 6.30. The third-order valence-electron chi connectivity index (χ3n) is 3.03. The number of piperidine rings is 1. The van der Waals surface area contributed by atoms with E-state index in [-0.39, 0.29) is 0 Å². The van der Waals surface area contributed by atoms with E-state index in [0.717, 1.165) is 18.9 Å². The largest absolute Gasteiger partial charge is 0.396 e. The van der Waals surface area contributed by atoms with Crippen LogP contribution in [0, 0.1) is 11.8 Å². The zero-order valence-corrected chi connectivity index (χ0v) is 10.5. The summed E-state index contributed by atoms with van der Waals surface area (Å²) in [6.07, 6.45) is 2.95. The molecule has 2 rings (SSSR count). The van der Waals surface area contributed by atoms with Crippen LogP contribution in [-0.2, 0) is 0 Å². The Balaban J connectivity index is 2.23. The molecule has 1 saturated heterocycles. The van der Waals surface area contributed by atoms with Gasteiger partial charge in [0.2, 0.25) is 0 Å². The van der Waals surface area contributed by atoms with Crippen molar-refractivity contribution in [3.05, 3.63) is 17.3 Å². The number of nitrogens with two attached hydrogens (primary N) is 1. The maximum absolute atomic E-state index is 5.95. The Hall–Kier alpha value is -0.960. The summed E-state index contributed by atoms with van der Waals surface area (Å²) in [6.45, 7) is 6.61. The van der Waals surface area contributed by atoms with Crippen molar-refractivity contribution in [1.29, 1.82) is 0 Å². The molecule has 1 aromatic heterocycles. The van der Waals surface area contributed by atoms with E-state index < -0.39 is 0 Å². The standard InChI is InChI=1S/C12H18ClN3/c1-8-3-9(2)7-16(6-8)12-11(14)4-10(13)5-15-12/h4-5,8-9H,3,6-7,14H2,1-2H3. The number of hydrogen-bond acceptors (Lipinski definition) is 3. The molecule has 2 unspecified atom stereocenters.